The molecule has 1 aliphatic carbocycles. The van der Waals surface area contributed by atoms with E-state index in [2.05, 4.69) is 5.32 Å². The van der Waals surface area contributed by atoms with Crippen molar-refractivity contribution in [2.24, 2.45) is 0 Å². The highest BCUT2D eigenvalue weighted by molar-refractivity contribution is 7.89. The Hall–Kier alpha value is -1.97. The smallest absolute Gasteiger partial charge is 0.262 e. The van der Waals surface area contributed by atoms with Gasteiger partial charge < -0.3 is 10.2 Å². The number of hydrogen-bond acceptors (Lipinski definition) is 5. The molecule has 0 bridgehead atoms. The van der Waals surface area contributed by atoms with Crippen LogP contribution in [0.5, 0.6) is 0 Å². The molecule has 1 saturated heterocycles. The summed E-state index contributed by atoms with van der Waals surface area (Å²) in [6.07, 6.45) is 4.09. The number of carbonyl (C=O) groups excluding carboxylic acids is 1. The van der Waals surface area contributed by atoms with Gasteiger partial charge in [0.05, 0.1) is 0 Å². The fourth-order valence-corrected chi connectivity index (χ4v) is 6.69. The molecular weight excluding hydrogens is 413 g/mol. The highest BCUT2D eigenvalue weighted by atomic mass is 32.2. The molecule has 1 amide bonds. The zero-order valence-electron chi connectivity index (χ0n) is 16.0. The number of piperazine rings is 1. The van der Waals surface area contributed by atoms with Crippen LogP contribution in [0.15, 0.2) is 40.6 Å². The van der Waals surface area contributed by atoms with E-state index in [4.69, 9.17) is 0 Å². The molecular formula is C20H24FN3O3S2. The monoisotopic (exact) mass is 437 g/mol. The molecule has 1 N–H and O–H groups in total. The third-order valence-corrected chi connectivity index (χ3v) is 8.56. The molecule has 1 aromatic carbocycles. The molecule has 0 atom stereocenters. The number of halogens is 1. The van der Waals surface area contributed by atoms with Crippen LogP contribution in [0.1, 0.15) is 35.4 Å². The number of hydrogen-bond donors (Lipinski definition) is 1. The number of benzene rings is 1. The van der Waals surface area contributed by atoms with E-state index in [1.807, 2.05) is 4.90 Å². The van der Waals surface area contributed by atoms with Crippen molar-refractivity contribution >= 4 is 33.0 Å². The molecule has 6 nitrogen and oxygen atoms in total. The van der Waals surface area contributed by atoms with Gasteiger partial charge in [0.25, 0.3) is 5.91 Å². The normalized spacial score (nSPS) is 18.9. The van der Waals surface area contributed by atoms with Gasteiger partial charge in [0, 0.05) is 37.9 Å². The number of amides is 1. The maximum atomic E-state index is 13.2. The zero-order chi connectivity index (χ0) is 20.4. The van der Waals surface area contributed by atoms with E-state index < -0.39 is 10.0 Å². The van der Waals surface area contributed by atoms with Crippen molar-refractivity contribution in [2.75, 3.05) is 31.1 Å². The van der Waals surface area contributed by atoms with Crippen molar-refractivity contribution in [2.45, 2.75) is 36.6 Å². The first-order valence-electron chi connectivity index (χ1n) is 9.84. The van der Waals surface area contributed by atoms with Crippen LogP contribution in [0.3, 0.4) is 0 Å². The maximum Gasteiger partial charge on any atom is 0.262 e. The van der Waals surface area contributed by atoms with E-state index in [1.165, 1.54) is 33.8 Å². The highest BCUT2D eigenvalue weighted by Crippen LogP contribution is 2.28. The second-order valence-electron chi connectivity index (χ2n) is 7.44. The highest BCUT2D eigenvalue weighted by Gasteiger charge is 2.33. The molecule has 0 radical (unpaired) electrons. The van der Waals surface area contributed by atoms with Crippen LogP contribution in [0.25, 0.3) is 0 Å². The van der Waals surface area contributed by atoms with Gasteiger partial charge in [-0.05, 0) is 48.6 Å². The minimum absolute atomic E-state index is 0.0910. The van der Waals surface area contributed by atoms with Crippen molar-refractivity contribution in [3.05, 3.63) is 46.4 Å². The molecule has 1 saturated carbocycles. The van der Waals surface area contributed by atoms with Gasteiger partial charge in [-0.1, -0.05) is 12.8 Å². The molecule has 4 rings (SSSR count). The first kappa shape index (κ1) is 20.3. The second kappa shape index (κ2) is 8.41. The fourth-order valence-electron chi connectivity index (χ4n) is 3.96. The van der Waals surface area contributed by atoms with Gasteiger partial charge in [0.1, 0.15) is 15.6 Å². The molecule has 2 fully saturated rings. The summed E-state index contributed by atoms with van der Waals surface area (Å²) < 4.78 is 40.9. The van der Waals surface area contributed by atoms with Crippen molar-refractivity contribution < 1.29 is 17.6 Å². The number of rotatable bonds is 5. The summed E-state index contributed by atoms with van der Waals surface area (Å²) in [5, 5.41) is 4.64. The van der Waals surface area contributed by atoms with Crippen molar-refractivity contribution in [3.8, 4) is 0 Å². The summed E-state index contributed by atoms with van der Waals surface area (Å²) >= 11 is 1.17. The molecule has 1 aliphatic heterocycles. The minimum Gasteiger partial charge on any atom is -0.369 e. The molecule has 9 heteroatoms. The SMILES string of the molecule is O=C(NC1CCCC1)c1sccc1S(=O)(=O)N1CCN(c2ccc(F)cc2)CC1. The summed E-state index contributed by atoms with van der Waals surface area (Å²) in [5.41, 5.74) is 0.871. The van der Waals surface area contributed by atoms with Gasteiger partial charge >= 0.3 is 0 Å². The molecule has 0 unspecified atom stereocenters. The lowest BCUT2D eigenvalue weighted by Gasteiger charge is -2.35. The van der Waals surface area contributed by atoms with E-state index >= 15 is 0 Å². The third-order valence-electron chi connectivity index (χ3n) is 5.57. The maximum absolute atomic E-state index is 13.2. The number of sulfonamides is 1. The summed E-state index contributed by atoms with van der Waals surface area (Å²) in [5.74, 6) is -0.591. The van der Waals surface area contributed by atoms with Crippen LogP contribution in [0, 0.1) is 5.82 Å². The average molecular weight is 438 g/mol. The Morgan fingerprint density at radius 2 is 1.69 bits per heavy atom. The van der Waals surface area contributed by atoms with Crippen molar-refractivity contribution in [1.82, 2.24) is 9.62 Å². The Balaban J connectivity index is 1.45. The number of nitrogens with zero attached hydrogens (tertiary/aromatic N) is 2. The Bertz CT molecular complexity index is 961. The van der Waals surface area contributed by atoms with Crippen molar-refractivity contribution in [3.63, 3.8) is 0 Å². The minimum atomic E-state index is -3.74. The first-order valence-corrected chi connectivity index (χ1v) is 12.2. The molecule has 1 aromatic heterocycles. The van der Waals surface area contributed by atoms with Crippen LogP contribution in [0.4, 0.5) is 10.1 Å². The number of nitrogens with one attached hydrogen (secondary N) is 1. The van der Waals surface area contributed by atoms with Gasteiger partial charge in [-0.3, -0.25) is 4.79 Å². The van der Waals surface area contributed by atoms with Gasteiger partial charge in [-0.25, -0.2) is 12.8 Å². The quantitative estimate of drug-likeness (QED) is 0.781. The van der Waals surface area contributed by atoms with Gasteiger partial charge in [-0.2, -0.15) is 4.31 Å². The standard InChI is InChI=1S/C20H24FN3O3S2/c21-15-5-7-17(8-6-15)23-10-12-24(13-11-23)29(26,27)18-9-14-28-19(18)20(25)22-16-3-1-2-4-16/h5-9,14,16H,1-4,10-13H2,(H,22,25). The Kier molecular flexibility index (Phi) is 5.89. The molecule has 156 valence electrons. The van der Waals surface area contributed by atoms with Gasteiger partial charge in [-0.15, -0.1) is 11.3 Å². The Morgan fingerprint density at radius 1 is 1.03 bits per heavy atom. The second-order valence-corrected chi connectivity index (χ2v) is 10.3. The summed E-state index contributed by atoms with van der Waals surface area (Å²) in [6.45, 7) is 1.66. The average Bonchev–Trinajstić information content (AvgIpc) is 3.41. The summed E-state index contributed by atoms with van der Waals surface area (Å²) in [6, 6.07) is 7.86. The Morgan fingerprint density at radius 3 is 2.34 bits per heavy atom. The lowest BCUT2D eigenvalue weighted by Crippen LogP contribution is -2.49. The molecule has 2 aliphatic rings. The third kappa shape index (κ3) is 4.31. The molecule has 29 heavy (non-hydrogen) atoms. The number of carbonyl (C=O) groups is 1. The summed E-state index contributed by atoms with van der Waals surface area (Å²) in [7, 11) is -3.74. The van der Waals surface area contributed by atoms with Gasteiger partial charge in [0.15, 0.2) is 0 Å². The topological polar surface area (TPSA) is 69.7 Å². The van der Waals surface area contributed by atoms with E-state index in [-0.39, 0.29) is 27.5 Å². The largest absolute Gasteiger partial charge is 0.369 e. The van der Waals surface area contributed by atoms with Crippen LogP contribution in [-0.4, -0.2) is 50.9 Å². The van der Waals surface area contributed by atoms with E-state index in [0.29, 0.717) is 26.2 Å². The van der Waals surface area contributed by atoms with E-state index in [0.717, 1.165) is 31.4 Å². The van der Waals surface area contributed by atoms with Crippen molar-refractivity contribution in [1.29, 1.82) is 0 Å². The van der Waals surface area contributed by atoms with Crippen LogP contribution in [-0.2, 0) is 10.0 Å². The predicted octanol–water partition coefficient (Wildman–Crippen LogP) is 3.07. The fraction of sp³-hybridized carbons (Fsp3) is 0.450. The zero-order valence-corrected chi connectivity index (χ0v) is 17.6. The summed E-state index contributed by atoms with van der Waals surface area (Å²) in [4.78, 5) is 15.0. The number of thiophene rings is 1. The Labute approximate surface area is 174 Å². The molecule has 2 aromatic rings. The first-order chi connectivity index (χ1) is 13.9. The predicted molar refractivity (Wildman–Crippen MR) is 111 cm³/mol. The van der Waals surface area contributed by atoms with E-state index in [1.54, 1.807) is 17.5 Å². The van der Waals surface area contributed by atoms with Crippen LogP contribution in [0.2, 0.25) is 0 Å². The number of anilines is 1. The molecule has 2 heterocycles. The van der Waals surface area contributed by atoms with E-state index in [9.17, 15) is 17.6 Å². The molecule has 0 spiro atoms. The lowest BCUT2D eigenvalue weighted by atomic mass is 10.2. The van der Waals surface area contributed by atoms with Crippen LogP contribution >= 0.6 is 11.3 Å². The van der Waals surface area contributed by atoms with Crippen LogP contribution < -0.4 is 10.2 Å². The van der Waals surface area contributed by atoms with Gasteiger partial charge in [0.2, 0.25) is 10.0 Å². The lowest BCUT2D eigenvalue weighted by molar-refractivity contribution is 0.0939.